The molecule has 0 radical (unpaired) electrons. The van der Waals surface area contributed by atoms with E-state index in [4.69, 9.17) is 8.53 Å². The van der Waals surface area contributed by atoms with E-state index in [9.17, 15) is 0 Å². The molecular formula is C14H31AlO2. The molecule has 0 spiro atoms. The molecule has 0 heterocycles. The van der Waals surface area contributed by atoms with Crippen LogP contribution in [-0.4, -0.2) is 27.4 Å². The topological polar surface area (TPSA) is 18.5 Å². The molecule has 0 N–H and O–H groups in total. The lowest BCUT2D eigenvalue weighted by atomic mass is 10.3. The minimum atomic E-state index is -1.10. The van der Waals surface area contributed by atoms with Gasteiger partial charge in [-0.05, 0) is 13.3 Å². The second kappa shape index (κ2) is 10.4. The second-order valence-electron chi connectivity index (χ2n) is 5.69. The third kappa shape index (κ3) is 10.1. The predicted octanol–water partition coefficient (Wildman–Crippen LogP) is 4.47. The molecule has 0 aromatic rings. The van der Waals surface area contributed by atoms with E-state index in [2.05, 4.69) is 34.6 Å². The van der Waals surface area contributed by atoms with Crippen molar-refractivity contribution in [1.29, 1.82) is 0 Å². The van der Waals surface area contributed by atoms with Crippen molar-refractivity contribution in [3.05, 3.63) is 0 Å². The van der Waals surface area contributed by atoms with Crippen LogP contribution in [0.1, 0.15) is 54.4 Å². The Morgan fingerprint density at radius 1 is 0.941 bits per heavy atom. The maximum atomic E-state index is 6.27. The fourth-order valence-corrected chi connectivity index (χ4v) is 5.25. The zero-order valence-corrected chi connectivity index (χ0v) is 13.8. The largest absolute Gasteiger partial charge is 0.478 e. The number of hydrogen-bond acceptors (Lipinski definition) is 2. The van der Waals surface area contributed by atoms with Gasteiger partial charge in [0.05, 0.1) is 0 Å². The Labute approximate surface area is 113 Å². The summed E-state index contributed by atoms with van der Waals surface area (Å²) < 4.78 is 12.0. The van der Waals surface area contributed by atoms with Crippen LogP contribution in [0.15, 0.2) is 0 Å². The number of hydrogen-bond donors (Lipinski definition) is 0. The van der Waals surface area contributed by atoms with Gasteiger partial charge in [0.2, 0.25) is 0 Å². The zero-order chi connectivity index (χ0) is 13.3. The molecule has 0 aliphatic rings. The van der Waals surface area contributed by atoms with Gasteiger partial charge in [0, 0.05) is 6.61 Å². The molecule has 0 fully saturated rings. The van der Waals surface area contributed by atoms with Crippen molar-refractivity contribution in [2.75, 3.05) is 6.61 Å². The van der Waals surface area contributed by atoms with Gasteiger partial charge in [-0.3, -0.25) is 0 Å². The quantitative estimate of drug-likeness (QED) is 0.425. The van der Waals surface area contributed by atoms with Gasteiger partial charge in [0.1, 0.15) is 6.29 Å². The van der Waals surface area contributed by atoms with E-state index in [1.165, 1.54) is 10.6 Å². The van der Waals surface area contributed by atoms with Gasteiger partial charge in [-0.1, -0.05) is 63.4 Å². The molecule has 17 heavy (non-hydrogen) atoms. The van der Waals surface area contributed by atoms with Crippen molar-refractivity contribution in [2.45, 2.75) is 71.2 Å². The Bertz CT molecular complexity index is 156. The van der Waals surface area contributed by atoms with Gasteiger partial charge in [-0.15, -0.1) is 0 Å². The Kier molecular flexibility index (Phi) is 10.7. The van der Waals surface area contributed by atoms with E-state index in [0.29, 0.717) is 0 Å². The fourth-order valence-electron chi connectivity index (χ4n) is 2.09. The summed E-state index contributed by atoms with van der Waals surface area (Å²) in [5.74, 6) is 1.49. The highest BCUT2D eigenvalue weighted by molar-refractivity contribution is 6.52. The van der Waals surface area contributed by atoms with Crippen LogP contribution in [0.25, 0.3) is 0 Å². The molecule has 102 valence electrons. The molecule has 0 aromatic heterocycles. The molecule has 0 aromatic carbocycles. The molecule has 0 saturated carbocycles. The Morgan fingerprint density at radius 3 is 1.82 bits per heavy atom. The summed E-state index contributed by atoms with van der Waals surface area (Å²) in [6.07, 6.45) is 2.22. The van der Waals surface area contributed by atoms with Crippen molar-refractivity contribution in [2.24, 2.45) is 11.8 Å². The van der Waals surface area contributed by atoms with Crippen molar-refractivity contribution in [3.8, 4) is 0 Å². The SMILES string of the molecule is CCCC(OCC)[O][Al]([CH2]C(C)C)[CH2]C(C)C. The van der Waals surface area contributed by atoms with Gasteiger partial charge in [-0.25, -0.2) is 0 Å². The van der Waals surface area contributed by atoms with Gasteiger partial charge in [-0.2, -0.15) is 0 Å². The summed E-state index contributed by atoms with van der Waals surface area (Å²) in [5, 5.41) is 2.54. The Balaban J connectivity index is 4.24. The highest BCUT2D eigenvalue weighted by Crippen LogP contribution is 2.18. The van der Waals surface area contributed by atoms with Crippen LogP contribution in [-0.2, 0) is 8.53 Å². The first-order valence-electron chi connectivity index (χ1n) is 7.26. The van der Waals surface area contributed by atoms with Gasteiger partial charge < -0.3 is 8.53 Å². The first-order chi connectivity index (χ1) is 7.99. The molecule has 0 rings (SSSR count). The smallest absolute Gasteiger partial charge is 0.463 e. The molecule has 0 amide bonds. The van der Waals surface area contributed by atoms with Crippen molar-refractivity contribution < 1.29 is 8.53 Å². The average molecular weight is 258 g/mol. The zero-order valence-electron chi connectivity index (χ0n) is 12.7. The van der Waals surface area contributed by atoms with Crippen LogP contribution in [0.5, 0.6) is 0 Å². The minimum Gasteiger partial charge on any atom is -0.478 e. The summed E-state index contributed by atoms with van der Waals surface area (Å²) >= 11 is -1.10. The maximum Gasteiger partial charge on any atom is 0.463 e. The van der Waals surface area contributed by atoms with Crippen LogP contribution < -0.4 is 0 Å². The highest BCUT2D eigenvalue weighted by Gasteiger charge is 2.26. The van der Waals surface area contributed by atoms with E-state index in [1.54, 1.807) is 0 Å². The first kappa shape index (κ1) is 17.5. The van der Waals surface area contributed by atoms with Crippen LogP contribution >= 0.6 is 0 Å². The average Bonchev–Trinajstić information content (AvgIpc) is 2.15. The molecule has 0 aliphatic carbocycles. The van der Waals surface area contributed by atoms with E-state index in [-0.39, 0.29) is 6.29 Å². The van der Waals surface area contributed by atoms with Gasteiger partial charge in [0.25, 0.3) is 0 Å². The fraction of sp³-hybridized carbons (Fsp3) is 1.00. The third-order valence-electron chi connectivity index (χ3n) is 2.69. The normalized spacial score (nSPS) is 13.4. The van der Waals surface area contributed by atoms with Crippen molar-refractivity contribution in [1.82, 2.24) is 0 Å². The van der Waals surface area contributed by atoms with Crippen molar-refractivity contribution >= 4 is 14.5 Å². The minimum absolute atomic E-state index is 0.0548. The molecule has 1 atom stereocenters. The molecule has 0 saturated heterocycles. The summed E-state index contributed by atoms with van der Waals surface area (Å²) in [7, 11) is 0. The monoisotopic (exact) mass is 258 g/mol. The summed E-state index contributed by atoms with van der Waals surface area (Å²) in [5.41, 5.74) is 0. The van der Waals surface area contributed by atoms with E-state index in [1.807, 2.05) is 6.92 Å². The lowest BCUT2D eigenvalue weighted by molar-refractivity contribution is -0.0835. The Morgan fingerprint density at radius 2 is 1.47 bits per heavy atom. The van der Waals surface area contributed by atoms with Crippen molar-refractivity contribution in [3.63, 3.8) is 0 Å². The van der Waals surface area contributed by atoms with Crippen LogP contribution in [0.3, 0.4) is 0 Å². The summed E-state index contributed by atoms with van der Waals surface area (Å²) in [6.45, 7) is 14.2. The highest BCUT2D eigenvalue weighted by atomic mass is 27.2. The van der Waals surface area contributed by atoms with Crippen LogP contribution in [0.4, 0.5) is 0 Å². The number of ether oxygens (including phenoxy) is 1. The molecule has 0 aliphatic heterocycles. The summed E-state index contributed by atoms with van der Waals surface area (Å²) in [4.78, 5) is 0. The van der Waals surface area contributed by atoms with E-state index in [0.717, 1.165) is 31.3 Å². The Hall–Kier alpha value is 0.452. The lowest BCUT2D eigenvalue weighted by Gasteiger charge is -2.24. The molecule has 3 heteroatoms. The van der Waals surface area contributed by atoms with Gasteiger partial charge >= 0.3 is 14.5 Å². The third-order valence-corrected chi connectivity index (χ3v) is 6.32. The molecular weight excluding hydrogens is 227 g/mol. The van der Waals surface area contributed by atoms with Crippen LogP contribution in [0.2, 0.25) is 10.6 Å². The predicted molar refractivity (Wildman–Crippen MR) is 76.5 cm³/mol. The van der Waals surface area contributed by atoms with Gasteiger partial charge in [0.15, 0.2) is 0 Å². The maximum absolute atomic E-state index is 6.27. The molecule has 2 nitrogen and oxygen atoms in total. The molecule has 1 unspecified atom stereocenters. The number of rotatable bonds is 10. The second-order valence-corrected chi connectivity index (χ2v) is 8.15. The standard InChI is InChI=1S/C6H13O2.2C4H9.Al/c1-3-5-6(7)8-4-2;2*1-4(2)3;/h6H,3-5H2,1-2H3;2*4H,1H2,2-3H3;/q-1;;;+1. The molecule has 0 bridgehead atoms. The lowest BCUT2D eigenvalue weighted by Crippen LogP contribution is -2.30. The van der Waals surface area contributed by atoms with E-state index < -0.39 is 14.5 Å². The summed E-state index contributed by atoms with van der Waals surface area (Å²) in [6, 6.07) is 0. The first-order valence-corrected chi connectivity index (χ1v) is 9.37. The van der Waals surface area contributed by atoms with E-state index >= 15 is 0 Å². The van der Waals surface area contributed by atoms with Crippen LogP contribution in [0, 0.1) is 11.8 Å².